The molecule has 0 bridgehead atoms. The fourth-order valence-corrected chi connectivity index (χ4v) is 3.73. The largest absolute Gasteiger partial charge is 0.317 e. The molecule has 130 valence electrons. The van der Waals surface area contributed by atoms with Crippen LogP contribution in [0.15, 0.2) is 23.1 Å². The van der Waals surface area contributed by atoms with Gasteiger partial charge in [0, 0.05) is 18.2 Å². The lowest BCUT2D eigenvalue weighted by Gasteiger charge is -2.34. The Morgan fingerprint density at radius 2 is 1.96 bits per heavy atom. The Bertz CT molecular complexity index is 673. The van der Waals surface area contributed by atoms with Crippen LogP contribution >= 0.6 is 12.4 Å². The highest BCUT2D eigenvalue weighted by molar-refractivity contribution is 7.89. The molecule has 2 N–H and O–H groups in total. The lowest BCUT2D eigenvalue weighted by molar-refractivity contribution is -0.385. The summed E-state index contributed by atoms with van der Waals surface area (Å²) in [7, 11) is -3.75. The van der Waals surface area contributed by atoms with Gasteiger partial charge < -0.3 is 5.32 Å². The first-order valence-corrected chi connectivity index (χ1v) is 8.67. The Kier molecular flexibility index (Phi) is 6.52. The fourth-order valence-electron chi connectivity index (χ4n) is 2.51. The van der Waals surface area contributed by atoms with Gasteiger partial charge in [0.05, 0.1) is 9.82 Å². The highest BCUT2D eigenvalue weighted by atomic mass is 35.5. The smallest absolute Gasteiger partial charge is 0.273 e. The van der Waals surface area contributed by atoms with E-state index in [2.05, 4.69) is 10.0 Å². The summed E-state index contributed by atoms with van der Waals surface area (Å²) in [5.74, 6) is 0. The summed E-state index contributed by atoms with van der Waals surface area (Å²) in [6.45, 7) is 5.70. The lowest BCUT2D eigenvalue weighted by Crippen LogP contribution is -2.42. The van der Waals surface area contributed by atoms with E-state index in [0.29, 0.717) is 12.1 Å². The Morgan fingerprint density at radius 1 is 1.35 bits per heavy atom. The summed E-state index contributed by atoms with van der Waals surface area (Å²) < 4.78 is 27.3. The van der Waals surface area contributed by atoms with Gasteiger partial charge in [-0.05, 0) is 44.3 Å². The van der Waals surface area contributed by atoms with Crippen molar-refractivity contribution in [1.82, 2.24) is 10.0 Å². The summed E-state index contributed by atoms with van der Waals surface area (Å²) >= 11 is 0. The molecule has 0 unspecified atom stereocenters. The molecule has 1 fully saturated rings. The van der Waals surface area contributed by atoms with Gasteiger partial charge in [-0.25, -0.2) is 13.1 Å². The van der Waals surface area contributed by atoms with E-state index in [-0.39, 0.29) is 28.4 Å². The minimum atomic E-state index is -3.75. The monoisotopic (exact) mass is 363 g/mol. The molecular formula is C14H22ClN3O4S. The van der Waals surface area contributed by atoms with E-state index in [1.54, 1.807) is 6.92 Å². The number of rotatable bonds is 5. The molecule has 0 radical (unpaired) electrons. The molecule has 0 spiro atoms. The Morgan fingerprint density at radius 3 is 2.52 bits per heavy atom. The molecular weight excluding hydrogens is 342 g/mol. The number of nitro groups is 1. The van der Waals surface area contributed by atoms with Crippen molar-refractivity contribution in [3.63, 3.8) is 0 Å². The van der Waals surface area contributed by atoms with Crippen molar-refractivity contribution in [2.24, 2.45) is 5.41 Å². The standard InChI is InChI=1S/C14H21N3O4S.ClH/c1-11-3-4-12(9-13(11)17(18)19)22(20,21)16-10-14(2)5-7-15-8-6-14;/h3-4,9,15-16H,5-8,10H2,1-2H3;1H. The lowest BCUT2D eigenvalue weighted by atomic mass is 9.81. The minimum Gasteiger partial charge on any atom is -0.317 e. The van der Waals surface area contributed by atoms with E-state index >= 15 is 0 Å². The van der Waals surface area contributed by atoms with Gasteiger partial charge in [-0.3, -0.25) is 10.1 Å². The van der Waals surface area contributed by atoms with E-state index in [1.165, 1.54) is 12.1 Å². The van der Waals surface area contributed by atoms with Crippen LogP contribution in [0, 0.1) is 22.5 Å². The molecule has 1 aromatic rings. The Hall–Kier alpha value is -1.22. The number of nitrogens with one attached hydrogen (secondary N) is 2. The van der Waals surface area contributed by atoms with Crippen molar-refractivity contribution in [3.8, 4) is 0 Å². The molecule has 0 atom stereocenters. The zero-order valence-corrected chi connectivity index (χ0v) is 14.8. The number of sulfonamides is 1. The quantitative estimate of drug-likeness (QED) is 0.615. The van der Waals surface area contributed by atoms with Gasteiger partial charge in [0.2, 0.25) is 10.0 Å². The molecule has 0 aliphatic carbocycles. The molecule has 9 heteroatoms. The Labute approximate surface area is 142 Å². The summed E-state index contributed by atoms with van der Waals surface area (Å²) in [5.41, 5.74) is 0.166. The molecule has 2 rings (SSSR count). The predicted octanol–water partition coefficient (Wildman–Crippen LogP) is 1.99. The molecule has 23 heavy (non-hydrogen) atoms. The first-order valence-electron chi connectivity index (χ1n) is 7.19. The predicted molar refractivity (Wildman–Crippen MR) is 90.5 cm³/mol. The van der Waals surface area contributed by atoms with Gasteiger partial charge in [-0.15, -0.1) is 12.4 Å². The normalized spacial score (nSPS) is 17.3. The average Bonchev–Trinajstić information content (AvgIpc) is 2.46. The molecule has 1 aliphatic heterocycles. The van der Waals surface area contributed by atoms with Gasteiger partial charge in [0.1, 0.15) is 0 Å². The van der Waals surface area contributed by atoms with Crippen molar-refractivity contribution in [2.45, 2.75) is 31.6 Å². The summed E-state index contributed by atoms with van der Waals surface area (Å²) in [6.07, 6.45) is 1.78. The summed E-state index contributed by atoms with van der Waals surface area (Å²) in [6, 6.07) is 3.97. The molecule has 1 aromatic carbocycles. The van der Waals surface area contributed by atoms with Crippen LogP contribution in [0.1, 0.15) is 25.3 Å². The molecule has 1 heterocycles. The van der Waals surface area contributed by atoms with E-state index in [1.807, 2.05) is 6.92 Å². The minimum absolute atomic E-state index is 0. The number of nitrogens with zero attached hydrogens (tertiary/aromatic N) is 1. The van der Waals surface area contributed by atoms with Crippen molar-refractivity contribution in [2.75, 3.05) is 19.6 Å². The highest BCUT2D eigenvalue weighted by Crippen LogP contribution is 2.28. The van der Waals surface area contributed by atoms with E-state index in [4.69, 9.17) is 0 Å². The molecule has 1 aliphatic rings. The van der Waals surface area contributed by atoms with E-state index in [9.17, 15) is 18.5 Å². The molecule has 1 saturated heterocycles. The number of hydrogen-bond donors (Lipinski definition) is 2. The fraction of sp³-hybridized carbons (Fsp3) is 0.571. The SMILES string of the molecule is Cc1ccc(S(=O)(=O)NCC2(C)CCNCC2)cc1[N+](=O)[O-].Cl. The van der Waals surface area contributed by atoms with Crippen molar-refractivity contribution >= 4 is 28.1 Å². The average molecular weight is 364 g/mol. The van der Waals surface area contributed by atoms with E-state index < -0.39 is 14.9 Å². The highest BCUT2D eigenvalue weighted by Gasteiger charge is 2.29. The topological polar surface area (TPSA) is 101 Å². The van der Waals surface area contributed by atoms with Crippen LogP contribution in [-0.4, -0.2) is 33.0 Å². The van der Waals surface area contributed by atoms with Crippen LogP contribution in [0.5, 0.6) is 0 Å². The second-order valence-corrected chi connectivity index (χ2v) is 7.86. The Balaban J connectivity index is 0.00000264. The first kappa shape index (κ1) is 19.8. The van der Waals surface area contributed by atoms with Crippen LogP contribution in [0.4, 0.5) is 5.69 Å². The zero-order valence-electron chi connectivity index (χ0n) is 13.2. The molecule has 0 aromatic heterocycles. The van der Waals surface area contributed by atoms with Crippen LogP contribution in [0.3, 0.4) is 0 Å². The van der Waals surface area contributed by atoms with Gasteiger partial charge >= 0.3 is 0 Å². The number of nitro benzene ring substituents is 1. The third-order valence-electron chi connectivity index (χ3n) is 4.19. The number of piperidine rings is 1. The maximum atomic E-state index is 12.4. The first-order chi connectivity index (χ1) is 10.2. The second kappa shape index (κ2) is 7.57. The molecule has 0 amide bonds. The van der Waals surface area contributed by atoms with Crippen LogP contribution in [0.2, 0.25) is 0 Å². The molecule has 0 saturated carbocycles. The number of halogens is 1. The molecule has 7 nitrogen and oxygen atoms in total. The number of aryl methyl sites for hydroxylation is 1. The van der Waals surface area contributed by atoms with Crippen molar-refractivity contribution in [1.29, 1.82) is 0 Å². The van der Waals surface area contributed by atoms with Gasteiger partial charge in [-0.1, -0.05) is 13.0 Å². The summed E-state index contributed by atoms with van der Waals surface area (Å²) in [5, 5.41) is 14.2. The summed E-state index contributed by atoms with van der Waals surface area (Å²) in [4.78, 5) is 10.3. The van der Waals surface area contributed by atoms with Crippen molar-refractivity contribution < 1.29 is 13.3 Å². The number of hydrogen-bond acceptors (Lipinski definition) is 5. The zero-order chi connectivity index (χ0) is 16.4. The van der Waals surface area contributed by atoms with Crippen molar-refractivity contribution in [3.05, 3.63) is 33.9 Å². The number of benzene rings is 1. The maximum Gasteiger partial charge on any atom is 0.273 e. The maximum absolute atomic E-state index is 12.4. The van der Waals surface area contributed by atoms with Gasteiger partial charge in [0.25, 0.3) is 5.69 Å². The van der Waals surface area contributed by atoms with Gasteiger partial charge in [0.15, 0.2) is 0 Å². The van der Waals surface area contributed by atoms with Crippen LogP contribution in [0.25, 0.3) is 0 Å². The van der Waals surface area contributed by atoms with Crippen LogP contribution in [-0.2, 0) is 10.0 Å². The van der Waals surface area contributed by atoms with E-state index in [0.717, 1.165) is 32.0 Å². The third-order valence-corrected chi connectivity index (χ3v) is 5.59. The second-order valence-electron chi connectivity index (χ2n) is 6.09. The van der Waals surface area contributed by atoms with Crippen LogP contribution < -0.4 is 10.0 Å². The third kappa shape index (κ3) is 4.87. The van der Waals surface area contributed by atoms with Gasteiger partial charge in [-0.2, -0.15) is 0 Å².